The average Bonchev–Trinajstić information content (AvgIpc) is 2.86. The van der Waals surface area contributed by atoms with Crippen LogP contribution in [-0.2, 0) is 34.1 Å². The molecule has 0 spiro atoms. The summed E-state index contributed by atoms with van der Waals surface area (Å²) in [6.45, 7) is 7.91. The normalized spacial score (nSPS) is 12.2. The first-order valence-corrected chi connectivity index (χ1v) is 13.6. The van der Waals surface area contributed by atoms with Crippen molar-refractivity contribution in [1.29, 1.82) is 0 Å². The van der Waals surface area contributed by atoms with E-state index in [-0.39, 0.29) is 13.0 Å². The van der Waals surface area contributed by atoms with Gasteiger partial charge in [-0.15, -0.1) is 6.42 Å². The molecule has 36 heavy (non-hydrogen) atoms. The third-order valence-electron chi connectivity index (χ3n) is 6.30. The number of hydrogen-bond acceptors (Lipinski definition) is 5. The standard InChI is InChI=1S/C28H33N3O4S/c1-6-14-31(19(5)15-26(32)33)28-24-13-11-10-12-23(24)25(18-29-28)30-36(34,35)27-21(8-3)16-20(7-2)17-22(27)9-4/h1,10-13,16-19,30H,7-9,14-15H2,2-5H3,(H,32,33)/t19-/m0/s1. The molecule has 0 bridgehead atoms. The Bertz CT molecular complexity index is 1390. The molecular weight excluding hydrogens is 474 g/mol. The Hall–Kier alpha value is -3.57. The van der Waals surface area contributed by atoms with E-state index in [9.17, 15) is 18.3 Å². The second kappa shape index (κ2) is 11.4. The van der Waals surface area contributed by atoms with Crippen LogP contribution in [-0.4, -0.2) is 37.1 Å². The fourth-order valence-electron chi connectivity index (χ4n) is 4.49. The van der Waals surface area contributed by atoms with Gasteiger partial charge in [-0.2, -0.15) is 0 Å². The second-order valence-electron chi connectivity index (χ2n) is 8.73. The molecule has 8 heteroatoms. The van der Waals surface area contributed by atoms with Crippen LogP contribution in [0, 0.1) is 12.3 Å². The Balaban J connectivity index is 2.13. The Morgan fingerprint density at radius 3 is 2.25 bits per heavy atom. The van der Waals surface area contributed by atoms with Crippen LogP contribution in [0.2, 0.25) is 0 Å². The molecule has 0 saturated heterocycles. The number of carboxylic acids is 1. The lowest BCUT2D eigenvalue weighted by atomic mass is 10.0. The van der Waals surface area contributed by atoms with Gasteiger partial charge in [0.05, 0.1) is 29.7 Å². The van der Waals surface area contributed by atoms with E-state index in [1.165, 1.54) is 6.20 Å². The lowest BCUT2D eigenvalue weighted by Crippen LogP contribution is -2.36. The number of terminal acetylenes is 1. The molecule has 7 nitrogen and oxygen atoms in total. The molecule has 0 saturated carbocycles. The van der Waals surface area contributed by atoms with Gasteiger partial charge in [-0.1, -0.05) is 63.1 Å². The highest BCUT2D eigenvalue weighted by atomic mass is 32.2. The minimum atomic E-state index is -3.90. The molecular formula is C28H33N3O4S. The Kier molecular flexibility index (Phi) is 8.59. The van der Waals surface area contributed by atoms with Gasteiger partial charge in [0.15, 0.2) is 0 Å². The number of fused-ring (bicyclic) bond motifs is 1. The highest BCUT2D eigenvalue weighted by Crippen LogP contribution is 2.34. The van der Waals surface area contributed by atoms with E-state index < -0.39 is 22.0 Å². The predicted molar refractivity (Wildman–Crippen MR) is 145 cm³/mol. The van der Waals surface area contributed by atoms with Crippen molar-refractivity contribution in [3.63, 3.8) is 0 Å². The smallest absolute Gasteiger partial charge is 0.305 e. The molecule has 0 amide bonds. The number of carboxylic acid groups (broad SMARTS) is 1. The number of rotatable bonds is 11. The SMILES string of the molecule is C#CCN(c1ncc(NS(=O)(=O)c2c(CC)cc(CC)cc2CC)c2ccccc12)[C@@H](C)CC(=O)O. The van der Waals surface area contributed by atoms with Gasteiger partial charge in [-0.05, 0) is 42.9 Å². The van der Waals surface area contributed by atoms with Gasteiger partial charge in [0.2, 0.25) is 0 Å². The maximum absolute atomic E-state index is 13.7. The third kappa shape index (κ3) is 5.63. The van der Waals surface area contributed by atoms with Crippen LogP contribution >= 0.6 is 0 Å². The molecule has 3 rings (SSSR count). The van der Waals surface area contributed by atoms with Gasteiger partial charge in [-0.25, -0.2) is 13.4 Å². The number of hydrogen-bond donors (Lipinski definition) is 2. The average molecular weight is 508 g/mol. The summed E-state index contributed by atoms with van der Waals surface area (Å²) in [7, 11) is -3.90. The van der Waals surface area contributed by atoms with E-state index in [0.717, 1.165) is 23.1 Å². The van der Waals surface area contributed by atoms with E-state index in [1.54, 1.807) is 11.8 Å². The summed E-state index contributed by atoms with van der Waals surface area (Å²) in [5.41, 5.74) is 3.04. The zero-order valence-corrected chi connectivity index (χ0v) is 22.0. The molecule has 2 aromatic carbocycles. The van der Waals surface area contributed by atoms with E-state index in [2.05, 4.69) is 22.6 Å². The number of pyridine rings is 1. The molecule has 1 aromatic heterocycles. The number of aryl methyl sites for hydroxylation is 3. The third-order valence-corrected chi connectivity index (χ3v) is 7.85. The number of sulfonamides is 1. The Morgan fingerprint density at radius 2 is 1.72 bits per heavy atom. The lowest BCUT2D eigenvalue weighted by molar-refractivity contribution is -0.137. The summed E-state index contributed by atoms with van der Waals surface area (Å²) in [5, 5.41) is 10.6. The van der Waals surface area contributed by atoms with Crippen molar-refractivity contribution in [2.45, 2.75) is 64.3 Å². The van der Waals surface area contributed by atoms with Crippen LogP contribution < -0.4 is 9.62 Å². The monoisotopic (exact) mass is 507 g/mol. The number of aliphatic carboxylic acids is 1. The molecule has 0 fully saturated rings. The van der Waals surface area contributed by atoms with E-state index >= 15 is 0 Å². The van der Waals surface area contributed by atoms with Crippen LogP contribution in [0.4, 0.5) is 11.5 Å². The van der Waals surface area contributed by atoms with Crippen molar-refractivity contribution in [2.24, 2.45) is 0 Å². The molecule has 1 heterocycles. The minimum Gasteiger partial charge on any atom is -0.481 e. The molecule has 0 aliphatic heterocycles. The van der Waals surface area contributed by atoms with Gasteiger partial charge in [0, 0.05) is 16.8 Å². The van der Waals surface area contributed by atoms with Crippen LogP contribution in [0.15, 0.2) is 47.5 Å². The first-order chi connectivity index (χ1) is 17.2. The second-order valence-corrected chi connectivity index (χ2v) is 10.3. The number of nitrogens with one attached hydrogen (secondary N) is 1. The summed E-state index contributed by atoms with van der Waals surface area (Å²) in [6.07, 6.45) is 8.96. The highest BCUT2D eigenvalue weighted by Gasteiger charge is 2.25. The van der Waals surface area contributed by atoms with Crippen LogP contribution in [0.3, 0.4) is 0 Å². The van der Waals surface area contributed by atoms with E-state index in [4.69, 9.17) is 6.42 Å². The molecule has 3 aromatic rings. The number of nitrogens with zero attached hydrogens (tertiary/aromatic N) is 2. The van der Waals surface area contributed by atoms with Crippen LogP contribution in [0.5, 0.6) is 0 Å². The fraction of sp³-hybridized carbons (Fsp3) is 0.357. The van der Waals surface area contributed by atoms with E-state index in [1.807, 2.05) is 50.2 Å². The van der Waals surface area contributed by atoms with Crippen molar-refractivity contribution in [2.75, 3.05) is 16.2 Å². The summed E-state index contributed by atoms with van der Waals surface area (Å²) in [4.78, 5) is 18.0. The summed E-state index contributed by atoms with van der Waals surface area (Å²) >= 11 is 0. The van der Waals surface area contributed by atoms with Crippen LogP contribution in [0.25, 0.3) is 10.8 Å². The van der Waals surface area contributed by atoms with Gasteiger partial charge in [0.1, 0.15) is 5.82 Å². The van der Waals surface area contributed by atoms with Gasteiger partial charge in [0.25, 0.3) is 10.0 Å². The quantitative estimate of drug-likeness (QED) is 0.353. The highest BCUT2D eigenvalue weighted by molar-refractivity contribution is 7.92. The van der Waals surface area contributed by atoms with Crippen molar-refractivity contribution in [1.82, 2.24) is 4.98 Å². The van der Waals surface area contributed by atoms with Gasteiger partial charge >= 0.3 is 5.97 Å². The van der Waals surface area contributed by atoms with Crippen molar-refractivity contribution >= 4 is 38.3 Å². The molecule has 0 aliphatic rings. The molecule has 0 unspecified atom stereocenters. The Labute approximate surface area is 213 Å². The molecule has 190 valence electrons. The number of anilines is 2. The summed E-state index contributed by atoms with van der Waals surface area (Å²) in [6, 6.07) is 10.8. The molecule has 2 N–H and O–H groups in total. The largest absolute Gasteiger partial charge is 0.481 e. The maximum atomic E-state index is 13.7. The lowest BCUT2D eigenvalue weighted by Gasteiger charge is -2.29. The fourth-order valence-corrected chi connectivity index (χ4v) is 6.14. The number of aromatic nitrogens is 1. The van der Waals surface area contributed by atoms with Gasteiger partial charge in [-0.3, -0.25) is 9.52 Å². The topological polar surface area (TPSA) is 99.6 Å². The zero-order chi connectivity index (χ0) is 26.5. The minimum absolute atomic E-state index is 0.112. The van der Waals surface area contributed by atoms with Gasteiger partial charge < -0.3 is 10.0 Å². The number of carbonyl (C=O) groups is 1. The van der Waals surface area contributed by atoms with Crippen molar-refractivity contribution in [3.8, 4) is 12.3 Å². The zero-order valence-electron chi connectivity index (χ0n) is 21.2. The summed E-state index contributed by atoms with van der Waals surface area (Å²) < 4.78 is 30.2. The molecule has 0 aliphatic carbocycles. The maximum Gasteiger partial charge on any atom is 0.305 e. The van der Waals surface area contributed by atoms with Crippen LogP contribution in [0.1, 0.15) is 50.8 Å². The predicted octanol–water partition coefficient (Wildman–Crippen LogP) is 5.03. The van der Waals surface area contributed by atoms with Crippen molar-refractivity contribution in [3.05, 3.63) is 59.3 Å². The number of benzene rings is 2. The van der Waals surface area contributed by atoms with E-state index in [0.29, 0.717) is 40.0 Å². The summed E-state index contributed by atoms with van der Waals surface area (Å²) in [5.74, 6) is 2.15. The Morgan fingerprint density at radius 1 is 1.11 bits per heavy atom. The molecule has 1 atom stereocenters. The first-order valence-electron chi connectivity index (χ1n) is 12.1. The van der Waals surface area contributed by atoms with Crippen molar-refractivity contribution < 1.29 is 18.3 Å². The first kappa shape index (κ1) is 27.0. The molecule has 0 radical (unpaired) electrons.